The second-order valence-corrected chi connectivity index (χ2v) is 8.59. The van der Waals surface area contributed by atoms with E-state index in [0.29, 0.717) is 22.7 Å². The van der Waals surface area contributed by atoms with Gasteiger partial charge in [-0.2, -0.15) is 0 Å². The number of rotatable bonds is 4. The summed E-state index contributed by atoms with van der Waals surface area (Å²) in [7, 11) is -9.99. The van der Waals surface area contributed by atoms with Crippen molar-refractivity contribution in [1.82, 2.24) is 19.5 Å². The highest BCUT2D eigenvalue weighted by atomic mass is 31.2. The lowest BCUT2D eigenvalue weighted by Crippen LogP contribution is -2.17. The van der Waals surface area contributed by atoms with Crippen LogP contribution in [-0.2, 0) is 15.7 Å². The quantitative estimate of drug-likeness (QED) is 0.569. The number of hydrogen-bond donors (Lipinski definition) is 4. The summed E-state index contributed by atoms with van der Waals surface area (Å²) >= 11 is 0. The fourth-order valence-corrected chi connectivity index (χ4v) is 4.37. The first kappa shape index (κ1) is 16.2. The predicted octanol–water partition coefficient (Wildman–Crippen LogP) is 0.125. The third-order valence-corrected chi connectivity index (χ3v) is 6.58. The topological polar surface area (TPSA) is 159 Å². The minimum atomic E-state index is -4.99. The Morgan fingerprint density at radius 2 is 1.71 bits per heavy atom. The molecule has 12 heteroatoms. The maximum atomic E-state index is 11.3. The number of hydrogen-bond acceptors (Lipinski definition) is 5. The van der Waals surface area contributed by atoms with Crippen molar-refractivity contribution >= 4 is 26.4 Å². The minimum Gasteiger partial charge on any atom is -0.326 e. The summed E-state index contributed by atoms with van der Waals surface area (Å²) in [4.78, 5) is 48.7. The Bertz CT molecular complexity index is 756. The molecule has 0 amide bonds. The maximum Gasteiger partial charge on any atom is 0.342 e. The Balaban J connectivity index is 2.53. The Hall–Kier alpha value is -1.15. The molecule has 10 nitrogen and oxygen atoms in total. The molecule has 0 bridgehead atoms. The Morgan fingerprint density at radius 1 is 1.14 bits per heavy atom. The number of nitrogens with zero attached hydrogens (tertiary/aromatic N) is 4. The molecule has 116 valence electrons. The van der Waals surface area contributed by atoms with Crippen LogP contribution in [0.15, 0.2) is 6.33 Å². The van der Waals surface area contributed by atoms with E-state index >= 15 is 0 Å². The summed E-state index contributed by atoms with van der Waals surface area (Å²) in [5.41, 5.74) is 1.19. The van der Waals surface area contributed by atoms with E-state index in [-0.39, 0.29) is 0 Å². The van der Waals surface area contributed by atoms with Gasteiger partial charge in [-0.05, 0) is 13.8 Å². The number of imidazole rings is 1. The van der Waals surface area contributed by atoms with Crippen molar-refractivity contribution in [3.8, 4) is 0 Å². The summed E-state index contributed by atoms with van der Waals surface area (Å²) in [6.45, 7) is 2.73. The Kier molecular flexibility index (Phi) is 4.05. The number of aromatic nitrogens is 4. The lowest BCUT2D eigenvalue weighted by Gasteiger charge is -2.20. The van der Waals surface area contributed by atoms with Crippen LogP contribution in [0.2, 0.25) is 0 Å². The zero-order chi connectivity index (χ0) is 16.0. The fourth-order valence-electron chi connectivity index (χ4n) is 2.02. The second kappa shape index (κ2) is 5.24. The van der Waals surface area contributed by atoms with E-state index < -0.39 is 27.1 Å². The monoisotopic (exact) mass is 336 g/mol. The van der Waals surface area contributed by atoms with Crippen LogP contribution in [0.1, 0.15) is 11.5 Å². The van der Waals surface area contributed by atoms with Crippen molar-refractivity contribution in [3.05, 3.63) is 17.8 Å². The van der Waals surface area contributed by atoms with Crippen LogP contribution in [0.25, 0.3) is 11.2 Å². The van der Waals surface area contributed by atoms with E-state index in [9.17, 15) is 9.13 Å². The van der Waals surface area contributed by atoms with Crippen molar-refractivity contribution < 1.29 is 28.7 Å². The summed E-state index contributed by atoms with van der Waals surface area (Å²) in [5.74, 6) is 0.478. The SMILES string of the molecule is Cc1nc(C)c2c(ncn2CC(P(=O)(O)O)P(=O)(O)O)n1. The predicted molar refractivity (Wildman–Crippen MR) is 72.7 cm³/mol. The van der Waals surface area contributed by atoms with Crippen molar-refractivity contribution in [2.45, 2.75) is 25.8 Å². The molecule has 0 radical (unpaired) electrons. The first-order valence-corrected chi connectivity index (χ1v) is 9.13. The molecule has 0 saturated heterocycles. The highest BCUT2D eigenvalue weighted by Crippen LogP contribution is 2.60. The molecular weight excluding hydrogens is 322 g/mol. The first-order chi connectivity index (χ1) is 9.50. The third kappa shape index (κ3) is 3.37. The smallest absolute Gasteiger partial charge is 0.326 e. The van der Waals surface area contributed by atoms with E-state index in [1.165, 1.54) is 10.9 Å². The molecule has 0 aliphatic heterocycles. The van der Waals surface area contributed by atoms with E-state index in [0.717, 1.165) is 0 Å². The van der Waals surface area contributed by atoms with Crippen molar-refractivity contribution in [1.29, 1.82) is 0 Å². The van der Waals surface area contributed by atoms with Crippen LogP contribution >= 0.6 is 15.2 Å². The van der Waals surface area contributed by atoms with Crippen molar-refractivity contribution in [2.24, 2.45) is 0 Å². The van der Waals surface area contributed by atoms with Crippen LogP contribution in [0.5, 0.6) is 0 Å². The lowest BCUT2D eigenvalue weighted by atomic mass is 10.4. The van der Waals surface area contributed by atoms with Crippen LogP contribution in [0.4, 0.5) is 0 Å². The highest BCUT2D eigenvalue weighted by Gasteiger charge is 2.43. The molecule has 0 aliphatic rings. The zero-order valence-corrected chi connectivity index (χ0v) is 12.9. The molecule has 0 atom stereocenters. The van der Waals surface area contributed by atoms with E-state index in [1.54, 1.807) is 13.8 Å². The molecule has 0 unspecified atom stereocenters. The molecule has 0 fully saturated rings. The van der Waals surface area contributed by atoms with Crippen LogP contribution < -0.4 is 0 Å². The molecule has 2 heterocycles. The van der Waals surface area contributed by atoms with Gasteiger partial charge in [0.25, 0.3) is 0 Å². The highest BCUT2D eigenvalue weighted by molar-refractivity contribution is 7.70. The number of fused-ring (bicyclic) bond motifs is 1. The largest absolute Gasteiger partial charge is 0.342 e. The third-order valence-electron chi connectivity index (χ3n) is 2.89. The molecule has 0 aromatic carbocycles. The molecule has 4 N–H and O–H groups in total. The lowest BCUT2D eigenvalue weighted by molar-refractivity contribution is 0.332. The van der Waals surface area contributed by atoms with Gasteiger partial charge in [0, 0.05) is 0 Å². The fraction of sp³-hybridized carbons (Fsp3) is 0.444. The van der Waals surface area contributed by atoms with Gasteiger partial charge >= 0.3 is 15.2 Å². The van der Waals surface area contributed by atoms with E-state index in [2.05, 4.69) is 15.0 Å². The van der Waals surface area contributed by atoms with Crippen molar-refractivity contribution in [2.75, 3.05) is 0 Å². The van der Waals surface area contributed by atoms with Crippen LogP contribution in [0.3, 0.4) is 0 Å². The van der Waals surface area contributed by atoms with Gasteiger partial charge in [0.15, 0.2) is 11.0 Å². The van der Waals surface area contributed by atoms with Gasteiger partial charge in [0.05, 0.1) is 18.6 Å². The normalized spacial score (nSPS) is 13.3. The molecular formula is C9H14N4O6P2. The van der Waals surface area contributed by atoms with Gasteiger partial charge in [-0.25, -0.2) is 15.0 Å². The van der Waals surface area contributed by atoms with Crippen LogP contribution in [-0.4, -0.2) is 44.5 Å². The number of aryl methyl sites for hydroxylation is 2. The maximum absolute atomic E-state index is 11.3. The molecule has 0 aliphatic carbocycles. The average Bonchev–Trinajstić information content (AvgIpc) is 2.65. The van der Waals surface area contributed by atoms with Gasteiger partial charge in [-0.1, -0.05) is 0 Å². The van der Waals surface area contributed by atoms with Gasteiger partial charge < -0.3 is 24.1 Å². The van der Waals surface area contributed by atoms with Gasteiger partial charge in [-0.15, -0.1) is 0 Å². The zero-order valence-electron chi connectivity index (χ0n) is 11.2. The summed E-state index contributed by atoms with van der Waals surface area (Å²) in [5, 5.41) is -2.14. The first-order valence-electron chi connectivity index (χ1n) is 5.76. The molecule has 2 aromatic heterocycles. The Morgan fingerprint density at radius 3 is 2.24 bits per heavy atom. The molecule has 21 heavy (non-hydrogen) atoms. The van der Waals surface area contributed by atoms with E-state index in [1.807, 2.05) is 0 Å². The van der Waals surface area contributed by atoms with Crippen molar-refractivity contribution in [3.63, 3.8) is 0 Å². The molecule has 2 rings (SSSR count). The summed E-state index contributed by atoms with van der Waals surface area (Å²) in [6.07, 6.45) is 1.23. The van der Waals surface area contributed by atoms with Crippen LogP contribution in [0, 0.1) is 13.8 Å². The molecule has 2 aromatic rings. The van der Waals surface area contributed by atoms with Gasteiger partial charge in [0.2, 0.25) is 0 Å². The van der Waals surface area contributed by atoms with Gasteiger partial charge in [-0.3, -0.25) is 9.13 Å². The molecule has 0 saturated carbocycles. The Labute approximate surface area is 119 Å². The van der Waals surface area contributed by atoms with E-state index in [4.69, 9.17) is 19.6 Å². The van der Waals surface area contributed by atoms with Gasteiger partial charge in [0.1, 0.15) is 11.3 Å². The molecule has 0 spiro atoms. The summed E-state index contributed by atoms with van der Waals surface area (Å²) in [6, 6.07) is 0. The second-order valence-electron chi connectivity index (χ2n) is 4.58. The summed E-state index contributed by atoms with van der Waals surface area (Å²) < 4.78 is 23.9. The average molecular weight is 336 g/mol. The standard InChI is InChI=1S/C9H14N4O6P2/c1-5-8-9(12-6(2)11-5)10-4-13(8)3-7(20(14,15)16)21(17,18)19/h4,7H,3H2,1-2H3,(H2,14,15,16)(H2,17,18,19). The minimum absolute atomic E-state index is 0.301.